The summed E-state index contributed by atoms with van der Waals surface area (Å²) >= 11 is 3.22. The molecule has 0 aliphatic rings. The predicted molar refractivity (Wildman–Crippen MR) is 57.7 cm³/mol. The molecule has 1 aromatic carbocycles. The monoisotopic (exact) mass is 260 g/mol. The van der Waals surface area contributed by atoms with Crippen LogP contribution in [0.3, 0.4) is 0 Å². The van der Waals surface area contributed by atoms with E-state index in [1.807, 2.05) is 0 Å². The first-order valence-corrected chi connectivity index (χ1v) is 5.07. The standard InChI is InChI=1S/C10H13BrO3/c1-6(12)3-7-4-8(11)10(13)9(5-7)14-2/h4-6,12-13H,3H2,1-2H3/t6-/m0/s1. The van der Waals surface area contributed by atoms with Crippen LogP contribution in [0.2, 0.25) is 0 Å². The lowest BCUT2D eigenvalue weighted by atomic mass is 10.1. The quantitative estimate of drug-likeness (QED) is 0.875. The lowest BCUT2D eigenvalue weighted by Crippen LogP contribution is -2.04. The van der Waals surface area contributed by atoms with E-state index < -0.39 is 6.10 Å². The van der Waals surface area contributed by atoms with E-state index in [-0.39, 0.29) is 5.75 Å². The molecule has 0 fully saturated rings. The van der Waals surface area contributed by atoms with Crippen molar-refractivity contribution in [2.24, 2.45) is 0 Å². The number of halogens is 1. The number of aliphatic hydroxyl groups excluding tert-OH is 1. The summed E-state index contributed by atoms with van der Waals surface area (Å²) in [6.07, 6.45) is 0.131. The minimum absolute atomic E-state index is 0.0850. The number of benzene rings is 1. The Morgan fingerprint density at radius 3 is 2.64 bits per heavy atom. The fourth-order valence-corrected chi connectivity index (χ4v) is 1.73. The Balaban J connectivity index is 3.03. The lowest BCUT2D eigenvalue weighted by molar-refractivity contribution is 0.195. The summed E-state index contributed by atoms with van der Waals surface area (Å²) in [5, 5.41) is 18.7. The number of phenols is 1. The summed E-state index contributed by atoms with van der Waals surface area (Å²) in [6, 6.07) is 3.48. The zero-order valence-electron chi connectivity index (χ0n) is 8.12. The molecule has 0 heterocycles. The summed E-state index contributed by atoms with van der Waals surface area (Å²) in [7, 11) is 1.49. The van der Waals surface area contributed by atoms with Gasteiger partial charge >= 0.3 is 0 Å². The number of rotatable bonds is 3. The first-order chi connectivity index (χ1) is 6.54. The zero-order valence-corrected chi connectivity index (χ0v) is 9.71. The molecule has 0 saturated carbocycles. The highest BCUT2D eigenvalue weighted by molar-refractivity contribution is 9.10. The fourth-order valence-electron chi connectivity index (χ4n) is 1.24. The third-order valence-corrected chi connectivity index (χ3v) is 2.44. The van der Waals surface area contributed by atoms with Crippen LogP contribution in [0.5, 0.6) is 11.5 Å². The van der Waals surface area contributed by atoms with Gasteiger partial charge in [0.15, 0.2) is 11.5 Å². The molecule has 4 heteroatoms. The van der Waals surface area contributed by atoms with Crippen molar-refractivity contribution < 1.29 is 14.9 Å². The van der Waals surface area contributed by atoms with Crippen LogP contribution in [0.1, 0.15) is 12.5 Å². The number of phenolic OH excluding ortho intramolecular Hbond substituents is 1. The summed E-state index contributed by atoms with van der Waals surface area (Å²) in [4.78, 5) is 0. The van der Waals surface area contributed by atoms with Gasteiger partial charge < -0.3 is 14.9 Å². The van der Waals surface area contributed by atoms with Crippen molar-refractivity contribution in [3.05, 3.63) is 22.2 Å². The normalized spacial score (nSPS) is 12.6. The van der Waals surface area contributed by atoms with Crippen molar-refractivity contribution in [3.63, 3.8) is 0 Å². The Hall–Kier alpha value is -0.740. The van der Waals surface area contributed by atoms with E-state index in [9.17, 15) is 10.2 Å². The first-order valence-electron chi connectivity index (χ1n) is 4.28. The van der Waals surface area contributed by atoms with Crippen LogP contribution in [-0.4, -0.2) is 23.4 Å². The highest BCUT2D eigenvalue weighted by atomic mass is 79.9. The Morgan fingerprint density at radius 2 is 2.14 bits per heavy atom. The summed E-state index contributed by atoms with van der Waals surface area (Å²) in [5.74, 6) is 0.497. The number of hydrogen-bond acceptors (Lipinski definition) is 3. The van der Waals surface area contributed by atoms with Gasteiger partial charge in [-0.2, -0.15) is 0 Å². The molecule has 0 saturated heterocycles. The molecule has 78 valence electrons. The van der Waals surface area contributed by atoms with E-state index >= 15 is 0 Å². The largest absolute Gasteiger partial charge is 0.503 e. The average molecular weight is 261 g/mol. The minimum atomic E-state index is -0.406. The Labute approximate surface area is 91.5 Å². The number of ether oxygens (including phenoxy) is 1. The third kappa shape index (κ3) is 2.62. The molecule has 0 unspecified atom stereocenters. The van der Waals surface area contributed by atoms with Gasteiger partial charge in [-0.1, -0.05) is 0 Å². The van der Waals surface area contributed by atoms with Crippen molar-refractivity contribution in [2.45, 2.75) is 19.4 Å². The van der Waals surface area contributed by atoms with Crippen LogP contribution >= 0.6 is 15.9 Å². The third-order valence-electron chi connectivity index (χ3n) is 1.84. The second-order valence-corrected chi connectivity index (χ2v) is 4.04. The maximum Gasteiger partial charge on any atom is 0.172 e. The number of methoxy groups -OCH3 is 1. The molecule has 1 rings (SSSR count). The highest BCUT2D eigenvalue weighted by Gasteiger charge is 2.09. The van der Waals surface area contributed by atoms with Crippen LogP contribution in [0.15, 0.2) is 16.6 Å². The average Bonchev–Trinajstić information content (AvgIpc) is 2.10. The van der Waals surface area contributed by atoms with Gasteiger partial charge in [-0.25, -0.2) is 0 Å². The lowest BCUT2D eigenvalue weighted by Gasteiger charge is -2.09. The van der Waals surface area contributed by atoms with Crippen molar-refractivity contribution in [1.82, 2.24) is 0 Å². The van der Waals surface area contributed by atoms with E-state index in [1.54, 1.807) is 19.1 Å². The Morgan fingerprint density at radius 1 is 1.50 bits per heavy atom. The number of hydrogen-bond donors (Lipinski definition) is 2. The van der Waals surface area contributed by atoms with Gasteiger partial charge in [-0.3, -0.25) is 0 Å². The molecule has 0 aromatic heterocycles. The van der Waals surface area contributed by atoms with Crippen molar-refractivity contribution in [1.29, 1.82) is 0 Å². The molecule has 1 atom stereocenters. The molecule has 0 amide bonds. The first kappa shape index (κ1) is 11.3. The summed E-state index contributed by atoms with van der Waals surface area (Å²) in [6.45, 7) is 1.72. The molecule has 0 aliphatic carbocycles. The minimum Gasteiger partial charge on any atom is -0.503 e. The maximum atomic E-state index is 9.52. The maximum absolute atomic E-state index is 9.52. The van der Waals surface area contributed by atoms with E-state index in [4.69, 9.17) is 4.74 Å². The Kier molecular flexibility index (Phi) is 3.77. The van der Waals surface area contributed by atoms with Gasteiger partial charge in [0.25, 0.3) is 0 Å². The Bertz CT molecular complexity index is 323. The van der Waals surface area contributed by atoms with E-state index in [1.165, 1.54) is 7.11 Å². The van der Waals surface area contributed by atoms with Gasteiger partial charge in [0.1, 0.15) is 0 Å². The predicted octanol–water partition coefficient (Wildman–Crippen LogP) is 2.09. The zero-order chi connectivity index (χ0) is 10.7. The second-order valence-electron chi connectivity index (χ2n) is 3.18. The van der Waals surface area contributed by atoms with Crippen molar-refractivity contribution >= 4 is 15.9 Å². The highest BCUT2D eigenvalue weighted by Crippen LogP contribution is 2.35. The fraction of sp³-hybridized carbons (Fsp3) is 0.400. The summed E-state index contributed by atoms with van der Waals surface area (Å²) in [5.41, 5.74) is 0.918. The van der Waals surface area contributed by atoms with Crippen LogP contribution in [-0.2, 0) is 6.42 Å². The molecule has 0 bridgehead atoms. The van der Waals surface area contributed by atoms with Crippen molar-refractivity contribution in [3.8, 4) is 11.5 Å². The smallest absolute Gasteiger partial charge is 0.172 e. The van der Waals surface area contributed by atoms with Crippen LogP contribution < -0.4 is 4.74 Å². The summed E-state index contributed by atoms with van der Waals surface area (Å²) < 4.78 is 5.56. The van der Waals surface area contributed by atoms with Crippen LogP contribution in [0.4, 0.5) is 0 Å². The molecule has 3 nitrogen and oxygen atoms in total. The molecule has 2 N–H and O–H groups in total. The molecular weight excluding hydrogens is 248 g/mol. The van der Waals surface area contributed by atoms with Crippen molar-refractivity contribution in [2.75, 3.05) is 7.11 Å². The second kappa shape index (κ2) is 4.66. The van der Waals surface area contributed by atoms with Gasteiger partial charge in [-0.15, -0.1) is 0 Å². The molecule has 0 spiro atoms. The van der Waals surface area contributed by atoms with Gasteiger partial charge in [0.2, 0.25) is 0 Å². The van der Waals surface area contributed by atoms with Crippen LogP contribution in [0.25, 0.3) is 0 Å². The SMILES string of the molecule is COc1cc(C[C@H](C)O)cc(Br)c1O. The van der Waals surface area contributed by atoms with Crippen LogP contribution in [0, 0.1) is 0 Å². The molecule has 0 radical (unpaired) electrons. The van der Waals surface area contributed by atoms with E-state index in [0.717, 1.165) is 5.56 Å². The molecule has 1 aromatic rings. The van der Waals surface area contributed by atoms with E-state index in [2.05, 4.69) is 15.9 Å². The molecular formula is C10H13BrO3. The van der Waals surface area contributed by atoms with Gasteiger partial charge in [0, 0.05) is 0 Å². The van der Waals surface area contributed by atoms with Gasteiger partial charge in [-0.05, 0) is 47.0 Å². The number of aromatic hydroxyl groups is 1. The topological polar surface area (TPSA) is 49.7 Å². The molecule has 14 heavy (non-hydrogen) atoms. The van der Waals surface area contributed by atoms with E-state index in [0.29, 0.717) is 16.6 Å². The number of aliphatic hydroxyl groups is 1. The van der Waals surface area contributed by atoms with Gasteiger partial charge in [0.05, 0.1) is 17.7 Å². The molecule has 0 aliphatic heterocycles.